The van der Waals surface area contributed by atoms with Gasteiger partial charge in [0.05, 0.1) is 11.9 Å². The quantitative estimate of drug-likeness (QED) is 0.259. The Kier molecular flexibility index (Phi) is 11.9. The van der Waals surface area contributed by atoms with Crippen LogP contribution in [0.5, 0.6) is 0 Å². The molecule has 1 amide bonds. The van der Waals surface area contributed by atoms with Gasteiger partial charge in [0, 0.05) is 13.1 Å². The van der Waals surface area contributed by atoms with E-state index in [1.807, 2.05) is 14.0 Å². The third-order valence-corrected chi connectivity index (χ3v) is 6.16. The minimum absolute atomic E-state index is 0.0197. The molecule has 1 rings (SSSR count). The van der Waals surface area contributed by atoms with Crippen LogP contribution in [0.4, 0.5) is 0 Å². The molecule has 0 aliphatic heterocycles. The van der Waals surface area contributed by atoms with Gasteiger partial charge in [-0.2, -0.15) is 0 Å². The monoisotopic (exact) mass is 394 g/mol. The van der Waals surface area contributed by atoms with Gasteiger partial charge in [-0.1, -0.05) is 40.0 Å². The van der Waals surface area contributed by atoms with Crippen molar-refractivity contribution in [2.45, 2.75) is 91.0 Å². The second-order valence-electron chi connectivity index (χ2n) is 9.32. The summed E-state index contributed by atoms with van der Waals surface area (Å²) in [6.07, 6.45) is 12.3. The van der Waals surface area contributed by atoms with Crippen molar-refractivity contribution >= 4 is 12.2 Å². The molecule has 164 valence electrons. The fraction of sp³-hybridized carbons (Fsp3) is 0.913. The highest BCUT2D eigenvalue weighted by molar-refractivity contribution is 5.93. The maximum atomic E-state index is 13.0. The van der Waals surface area contributed by atoms with Gasteiger partial charge in [-0.05, 0) is 77.4 Å². The predicted octanol–water partition coefficient (Wildman–Crippen LogP) is 4.52. The Morgan fingerprint density at radius 1 is 1.18 bits per heavy atom. The minimum atomic E-state index is -0.596. The van der Waals surface area contributed by atoms with E-state index in [9.17, 15) is 4.79 Å². The number of nitrogens with one attached hydrogen (secondary N) is 2. The number of carbonyl (C=O) groups is 1. The lowest BCUT2D eigenvalue weighted by Crippen LogP contribution is -2.55. The zero-order valence-corrected chi connectivity index (χ0v) is 19.2. The van der Waals surface area contributed by atoms with Crippen molar-refractivity contribution in [3.05, 3.63) is 0 Å². The highest BCUT2D eigenvalue weighted by atomic mass is 16.2. The van der Waals surface area contributed by atoms with E-state index in [4.69, 9.17) is 5.41 Å². The topological polar surface area (TPSA) is 59.4 Å². The highest BCUT2D eigenvalue weighted by Gasteiger charge is 2.35. The molecule has 0 aromatic heterocycles. The molecular formula is C23H46N4O. The van der Waals surface area contributed by atoms with Gasteiger partial charge in [0.2, 0.25) is 5.91 Å². The molecular weight excluding hydrogens is 348 g/mol. The lowest BCUT2D eigenvalue weighted by atomic mass is 9.89. The third-order valence-electron chi connectivity index (χ3n) is 6.16. The molecule has 1 aliphatic carbocycles. The number of nitrogens with zero attached hydrogens (tertiary/aromatic N) is 2. The average molecular weight is 395 g/mol. The van der Waals surface area contributed by atoms with Gasteiger partial charge >= 0.3 is 0 Å². The number of amides is 1. The zero-order valence-electron chi connectivity index (χ0n) is 19.2. The van der Waals surface area contributed by atoms with E-state index in [1.165, 1.54) is 58.0 Å². The Morgan fingerprint density at radius 2 is 1.82 bits per heavy atom. The van der Waals surface area contributed by atoms with Gasteiger partial charge < -0.3 is 15.1 Å². The summed E-state index contributed by atoms with van der Waals surface area (Å²) in [5, 5.41) is 10.9. The Morgan fingerprint density at radius 3 is 2.36 bits per heavy atom. The van der Waals surface area contributed by atoms with Crippen molar-refractivity contribution in [2.24, 2.45) is 11.8 Å². The Balaban J connectivity index is 2.46. The summed E-state index contributed by atoms with van der Waals surface area (Å²) in [4.78, 5) is 17.2. The van der Waals surface area contributed by atoms with Crippen LogP contribution >= 0.6 is 0 Å². The Bertz CT molecular complexity index is 448. The van der Waals surface area contributed by atoms with E-state index < -0.39 is 5.54 Å². The van der Waals surface area contributed by atoms with Crippen molar-refractivity contribution in [1.29, 1.82) is 5.41 Å². The number of rotatable bonds is 14. The predicted molar refractivity (Wildman–Crippen MR) is 120 cm³/mol. The van der Waals surface area contributed by atoms with Crippen LogP contribution in [0.1, 0.15) is 85.5 Å². The zero-order chi connectivity index (χ0) is 21.0. The van der Waals surface area contributed by atoms with Crippen LogP contribution in [0, 0.1) is 17.2 Å². The van der Waals surface area contributed by atoms with Crippen LogP contribution in [0.2, 0.25) is 0 Å². The van der Waals surface area contributed by atoms with E-state index >= 15 is 0 Å². The molecule has 1 fully saturated rings. The first kappa shape index (κ1) is 25.1. The second-order valence-corrected chi connectivity index (χ2v) is 9.32. The molecule has 1 aliphatic rings. The van der Waals surface area contributed by atoms with Crippen molar-refractivity contribution in [2.75, 3.05) is 33.2 Å². The summed E-state index contributed by atoms with van der Waals surface area (Å²) in [6.45, 7) is 12.7. The van der Waals surface area contributed by atoms with Crippen LogP contribution in [0.15, 0.2) is 0 Å². The Hall–Kier alpha value is -0.940. The third kappa shape index (κ3) is 8.60. The molecule has 1 saturated carbocycles. The van der Waals surface area contributed by atoms with Gasteiger partial charge in [0.15, 0.2) is 0 Å². The van der Waals surface area contributed by atoms with Crippen LogP contribution in [-0.2, 0) is 4.79 Å². The smallest absolute Gasteiger partial charge is 0.247 e. The second kappa shape index (κ2) is 13.3. The van der Waals surface area contributed by atoms with Gasteiger partial charge in [-0.15, -0.1) is 0 Å². The Labute approximate surface area is 174 Å². The molecule has 0 aromatic carbocycles. The van der Waals surface area contributed by atoms with Crippen LogP contribution in [-0.4, -0.2) is 60.8 Å². The van der Waals surface area contributed by atoms with Gasteiger partial charge in [0.1, 0.15) is 0 Å². The maximum Gasteiger partial charge on any atom is 0.247 e. The molecule has 1 atom stereocenters. The van der Waals surface area contributed by atoms with E-state index in [2.05, 4.69) is 31.0 Å². The summed E-state index contributed by atoms with van der Waals surface area (Å²) in [6, 6.07) is 0. The van der Waals surface area contributed by atoms with Crippen molar-refractivity contribution in [1.82, 2.24) is 15.1 Å². The fourth-order valence-electron chi connectivity index (χ4n) is 4.62. The molecule has 5 heteroatoms. The molecule has 28 heavy (non-hydrogen) atoms. The summed E-state index contributed by atoms with van der Waals surface area (Å²) in [5.41, 5.74) is -0.596. The van der Waals surface area contributed by atoms with E-state index in [0.29, 0.717) is 12.5 Å². The van der Waals surface area contributed by atoms with Gasteiger partial charge in [-0.25, -0.2) is 0 Å². The number of unbranched alkanes of at least 4 members (excludes halogenated alkanes) is 1. The van der Waals surface area contributed by atoms with Crippen LogP contribution in [0.3, 0.4) is 0 Å². The highest BCUT2D eigenvalue weighted by Crippen LogP contribution is 2.24. The standard InChI is InChI=1S/C23H46N4O/c1-6-14-26(18-21-12-8-7-9-13-21)15-10-11-16-27(19-24)22(28)23(4,25-5)17-20(2)3/h19-21,24-25H,6-18H2,1-5H3. The molecule has 2 N–H and O–H groups in total. The van der Waals surface area contributed by atoms with Crippen LogP contribution < -0.4 is 5.32 Å². The van der Waals surface area contributed by atoms with Gasteiger partial charge in [-0.3, -0.25) is 10.2 Å². The molecule has 0 aromatic rings. The summed E-state index contributed by atoms with van der Waals surface area (Å²) < 4.78 is 0. The van der Waals surface area contributed by atoms with Crippen molar-refractivity contribution in [3.8, 4) is 0 Å². The number of hydrogen-bond acceptors (Lipinski definition) is 4. The molecule has 0 spiro atoms. The number of likely N-dealkylation sites (N-methyl/N-ethyl adjacent to an activating group) is 1. The lowest BCUT2D eigenvalue weighted by Gasteiger charge is -2.34. The number of hydrogen-bond donors (Lipinski definition) is 2. The fourth-order valence-corrected chi connectivity index (χ4v) is 4.62. The summed E-state index contributed by atoms with van der Waals surface area (Å²) in [5.74, 6) is 1.33. The first-order chi connectivity index (χ1) is 13.4. The summed E-state index contributed by atoms with van der Waals surface area (Å²) in [7, 11) is 1.84. The maximum absolute atomic E-state index is 13.0. The van der Waals surface area contributed by atoms with Gasteiger partial charge in [0.25, 0.3) is 0 Å². The van der Waals surface area contributed by atoms with E-state index in [0.717, 1.165) is 31.7 Å². The molecule has 0 bridgehead atoms. The average Bonchev–Trinajstić information content (AvgIpc) is 2.68. The summed E-state index contributed by atoms with van der Waals surface area (Å²) >= 11 is 0. The first-order valence-electron chi connectivity index (χ1n) is 11.6. The molecule has 1 unspecified atom stereocenters. The molecule has 0 saturated heterocycles. The SMILES string of the molecule is CCCN(CCCCN(C=N)C(=O)C(C)(CC(C)C)NC)CC1CCCCC1. The van der Waals surface area contributed by atoms with Crippen molar-refractivity contribution < 1.29 is 4.79 Å². The van der Waals surface area contributed by atoms with E-state index in [-0.39, 0.29) is 5.91 Å². The molecule has 0 heterocycles. The minimum Gasteiger partial charge on any atom is -0.307 e. The molecule has 5 nitrogen and oxygen atoms in total. The number of carbonyl (C=O) groups excluding carboxylic acids is 1. The lowest BCUT2D eigenvalue weighted by molar-refractivity contribution is -0.134. The molecule has 0 radical (unpaired) electrons. The first-order valence-corrected chi connectivity index (χ1v) is 11.6. The largest absolute Gasteiger partial charge is 0.307 e. The van der Waals surface area contributed by atoms with Crippen LogP contribution in [0.25, 0.3) is 0 Å². The van der Waals surface area contributed by atoms with E-state index in [1.54, 1.807) is 4.90 Å². The normalized spacial score (nSPS) is 17.7. The van der Waals surface area contributed by atoms with Crippen molar-refractivity contribution in [3.63, 3.8) is 0 Å².